The van der Waals surface area contributed by atoms with Crippen molar-refractivity contribution in [1.82, 2.24) is 24.6 Å². The van der Waals surface area contributed by atoms with Crippen LogP contribution in [0.25, 0.3) is 22.3 Å². The number of nitrogens with two attached hydrogens (primary N) is 1. The lowest BCUT2D eigenvalue weighted by Crippen LogP contribution is -2.29. The third kappa shape index (κ3) is 6.12. The normalized spacial score (nSPS) is 15.5. The van der Waals surface area contributed by atoms with E-state index in [0.717, 1.165) is 84.2 Å². The van der Waals surface area contributed by atoms with E-state index >= 15 is 0 Å². The Bertz CT molecular complexity index is 1320. The summed E-state index contributed by atoms with van der Waals surface area (Å²) < 4.78 is 12.9. The average Bonchev–Trinajstić information content (AvgIpc) is 3.53. The maximum Gasteiger partial charge on any atom is 0.124 e. The lowest BCUT2D eigenvalue weighted by atomic mass is 10.1. The third-order valence-electron chi connectivity index (χ3n) is 6.65. The van der Waals surface area contributed by atoms with Crippen LogP contribution in [0.3, 0.4) is 0 Å². The van der Waals surface area contributed by atoms with E-state index in [1.807, 2.05) is 37.5 Å². The fourth-order valence-electron chi connectivity index (χ4n) is 4.73. The number of anilines is 2. The summed E-state index contributed by atoms with van der Waals surface area (Å²) in [6, 6.07) is 12.5. The monoisotopic (exact) mass is 523 g/mol. The van der Waals surface area contributed by atoms with Gasteiger partial charge < -0.3 is 25.0 Å². The van der Waals surface area contributed by atoms with E-state index in [0.29, 0.717) is 0 Å². The van der Waals surface area contributed by atoms with E-state index in [1.165, 1.54) is 0 Å². The first-order valence-corrected chi connectivity index (χ1v) is 12.3. The van der Waals surface area contributed by atoms with Crippen LogP contribution in [-0.2, 0) is 7.05 Å². The highest BCUT2D eigenvalue weighted by Crippen LogP contribution is 2.34. The van der Waals surface area contributed by atoms with Crippen LogP contribution in [0.2, 0.25) is 0 Å². The Labute approximate surface area is 223 Å². The smallest absolute Gasteiger partial charge is 0.124 e. The molecule has 2 N–H and O–H groups in total. The van der Waals surface area contributed by atoms with Crippen LogP contribution in [0.4, 0.5) is 11.4 Å². The first kappa shape index (κ1) is 26.7. The summed E-state index contributed by atoms with van der Waals surface area (Å²) >= 11 is 0. The predicted molar refractivity (Wildman–Crippen MR) is 149 cm³/mol. The number of fused-ring (bicyclic) bond motifs is 1. The molecule has 37 heavy (non-hydrogen) atoms. The van der Waals surface area contributed by atoms with Crippen molar-refractivity contribution in [3.05, 3.63) is 55.0 Å². The van der Waals surface area contributed by atoms with Crippen LogP contribution in [0.5, 0.6) is 11.5 Å². The summed E-state index contributed by atoms with van der Waals surface area (Å²) in [7, 11) is 5.24. The van der Waals surface area contributed by atoms with Gasteiger partial charge in [0, 0.05) is 67.5 Å². The van der Waals surface area contributed by atoms with Gasteiger partial charge in [-0.25, -0.2) is 4.98 Å². The molecule has 0 aliphatic carbocycles. The maximum atomic E-state index is 6.11. The summed E-state index contributed by atoms with van der Waals surface area (Å²) in [4.78, 5) is 14.3. The van der Waals surface area contributed by atoms with Crippen molar-refractivity contribution in [1.29, 1.82) is 0 Å². The van der Waals surface area contributed by atoms with E-state index < -0.39 is 0 Å². The van der Waals surface area contributed by atoms with Crippen molar-refractivity contribution >= 4 is 34.8 Å². The number of rotatable bonds is 9. The fourth-order valence-corrected chi connectivity index (χ4v) is 4.73. The molecule has 1 saturated heterocycles. The van der Waals surface area contributed by atoms with E-state index in [4.69, 9.17) is 20.2 Å². The molecule has 2 aromatic heterocycles. The maximum absolute atomic E-state index is 6.11. The van der Waals surface area contributed by atoms with Gasteiger partial charge in [0.1, 0.15) is 11.5 Å². The number of halogens is 1. The molecule has 0 bridgehead atoms. The average molecular weight is 524 g/mol. The molecule has 0 saturated carbocycles. The van der Waals surface area contributed by atoms with Gasteiger partial charge in [0.2, 0.25) is 0 Å². The number of aromatic nitrogens is 4. The molecule has 1 fully saturated rings. The number of benzene rings is 2. The third-order valence-corrected chi connectivity index (χ3v) is 6.65. The van der Waals surface area contributed by atoms with E-state index in [-0.39, 0.29) is 18.4 Å². The highest BCUT2D eigenvalue weighted by molar-refractivity contribution is 5.85. The molecule has 3 heterocycles. The van der Waals surface area contributed by atoms with Gasteiger partial charge in [-0.05, 0) is 44.1 Å². The molecule has 1 aliphatic rings. The molecule has 10 heteroatoms. The van der Waals surface area contributed by atoms with Gasteiger partial charge >= 0.3 is 0 Å². The number of hydrogen-bond donors (Lipinski definition) is 1. The zero-order valence-corrected chi connectivity index (χ0v) is 22.3. The van der Waals surface area contributed by atoms with Crippen LogP contribution in [0.1, 0.15) is 12.8 Å². The highest BCUT2D eigenvalue weighted by Gasteiger charge is 2.20. The molecule has 1 aliphatic heterocycles. The van der Waals surface area contributed by atoms with E-state index in [2.05, 4.69) is 32.0 Å². The number of ether oxygens (including phenoxy) is 2. The van der Waals surface area contributed by atoms with Crippen molar-refractivity contribution in [3.8, 4) is 22.8 Å². The molecule has 5 rings (SSSR count). The minimum Gasteiger partial charge on any atom is -0.497 e. The van der Waals surface area contributed by atoms with Crippen molar-refractivity contribution in [2.45, 2.75) is 18.9 Å². The topological polar surface area (TPSA) is 94.6 Å². The molecule has 4 aromatic rings. The molecule has 0 radical (unpaired) electrons. The molecular weight excluding hydrogens is 490 g/mol. The largest absolute Gasteiger partial charge is 0.497 e. The minimum atomic E-state index is 0. The standard InChI is InChI=1S/C27H33N7O2.ClH/c1-32-17-19(15-30-32)27-16-29-25-6-5-21(13-26(25)31-27)34(9-4-8-33-10-7-20(28)18-33)22-11-23(35-2)14-24(12-22)36-3;/h5-6,11-17,20H,4,7-10,18,28H2,1-3H3;1H. The first-order valence-electron chi connectivity index (χ1n) is 12.3. The molecule has 0 spiro atoms. The lowest BCUT2D eigenvalue weighted by molar-refractivity contribution is 0.331. The van der Waals surface area contributed by atoms with Crippen LogP contribution in [0, 0.1) is 0 Å². The number of nitrogens with zero attached hydrogens (tertiary/aromatic N) is 6. The second-order valence-electron chi connectivity index (χ2n) is 9.26. The van der Waals surface area contributed by atoms with Gasteiger partial charge in [-0.2, -0.15) is 5.10 Å². The molecule has 0 amide bonds. The minimum absolute atomic E-state index is 0. The van der Waals surface area contributed by atoms with Crippen molar-refractivity contribution < 1.29 is 9.47 Å². The van der Waals surface area contributed by atoms with E-state index in [1.54, 1.807) is 31.3 Å². The number of aryl methyl sites for hydroxylation is 1. The zero-order valence-electron chi connectivity index (χ0n) is 21.5. The summed E-state index contributed by atoms with van der Waals surface area (Å²) in [6.07, 6.45) is 7.60. The zero-order chi connectivity index (χ0) is 25.1. The molecule has 1 unspecified atom stereocenters. The van der Waals surface area contributed by atoms with Gasteiger partial charge in [-0.15, -0.1) is 12.4 Å². The lowest BCUT2D eigenvalue weighted by Gasteiger charge is -2.27. The summed E-state index contributed by atoms with van der Waals surface area (Å²) in [6.45, 7) is 3.86. The van der Waals surface area contributed by atoms with Crippen molar-refractivity contribution in [3.63, 3.8) is 0 Å². The molecular formula is C27H34ClN7O2. The van der Waals surface area contributed by atoms with Crippen LogP contribution in [0.15, 0.2) is 55.0 Å². The number of likely N-dealkylation sites (tertiary alicyclic amines) is 1. The Morgan fingerprint density at radius 3 is 2.46 bits per heavy atom. The first-order chi connectivity index (χ1) is 17.5. The van der Waals surface area contributed by atoms with Crippen molar-refractivity contribution in [2.24, 2.45) is 12.8 Å². The van der Waals surface area contributed by atoms with Crippen LogP contribution in [-0.4, -0.2) is 71.1 Å². The summed E-state index contributed by atoms with van der Waals surface area (Å²) in [5, 5.41) is 4.27. The molecule has 9 nitrogen and oxygen atoms in total. The Kier molecular flexibility index (Phi) is 8.48. The van der Waals surface area contributed by atoms with Crippen LogP contribution >= 0.6 is 12.4 Å². The summed E-state index contributed by atoms with van der Waals surface area (Å²) in [5.41, 5.74) is 11.6. The van der Waals surface area contributed by atoms with Gasteiger partial charge in [0.05, 0.1) is 43.3 Å². The Morgan fingerprint density at radius 2 is 1.81 bits per heavy atom. The summed E-state index contributed by atoms with van der Waals surface area (Å²) in [5.74, 6) is 1.50. The number of hydrogen-bond acceptors (Lipinski definition) is 8. The van der Waals surface area contributed by atoms with Crippen molar-refractivity contribution in [2.75, 3.05) is 45.3 Å². The SMILES string of the molecule is COc1cc(OC)cc(N(CCCN2CCC(N)C2)c2ccc3ncc(-c4cnn(C)c4)nc3c2)c1.Cl. The van der Waals surface area contributed by atoms with Gasteiger partial charge in [0.25, 0.3) is 0 Å². The van der Waals surface area contributed by atoms with E-state index in [9.17, 15) is 0 Å². The van der Waals surface area contributed by atoms with Gasteiger partial charge in [-0.3, -0.25) is 9.67 Å². The quantitative estimate of drug-likeness (QED) is 0.351. The fraction of sp³-hybridized carbons (Fsp3) is 0.370. The van der Waals surface area contributed by atoms with Gasteiger partial charge in [-0.1, -0.05) is 0 Å². The molecule has 1 atom stereocenters. The van der Waals surface area contributed by atoms with Gasteiger partial charge in [0.15, 0.2) is 0 Å². The molecule has 2 aromatic carbocycles. The highest BCUT2D eigenvalue weighted by atomic mass is 35.5. The predicted octanol–water partition coefficient (Wildman–Crippen LogP) is 4.03. The Balaban J connectivity index is 0.00000320. The number of methoxy groups -OCH3 is 2. The molecule has 196 valence electrons. The Hall–Kier alpha value is -3.40. The second kappa shape index (κ2) is 11.8. The van der Waals surface area contributed by atoms with Crippen LogP contribution < -0.4 is 20.1 Å². The Morgan fingerprint density at radius 1 is 1.03 bits per heavy atom. The second-order valence-corrected chi connectivity index (χ2v) is 9.26.